The van der Waals surface area contributed by atoms with E-state index in [1.807, 2.05) is 112 Å². The summed E-state index contributed by atoms with van der Waals surface area (Å²) in [4.78, 5) is 15.6. The Bertz CT molecular complexity index is 5910. The SMILES string of the molecule is CCCN(C)Cc1cn[nH]c1-c1cc(C#N)ccc1C.CCCN(C)Cc1cn[nH]c1-c1cc(Cl)ccc1F.CCCN(C)Cc1cn[nH]c1-c1cc(Cl)ccc1OC.CCCN(C)Cc1cn[nH]c1-c1cc(F)ccc1C.CCCN(C)Cc1cn[nH]c1-c1ccc(OC)cc1.CCCN(C)Cc1cn[nH]c1-c1ccc(OC)cc1C.CCCN(C)Cc1cn[nH]c1-c1ccc(OC)cc1C(F)(F)F. The predicted octanol–water partition coefficient (Wildman–Crippen LogP) is 23.9. The van der Waals surface area contributed by atoms with E-state index < -0.39 is 11.7 Å². The molecule has 0 aliphatic rings. The third-order valence-electron chi connectivity index (χ3n) is 23.0. The van der Waals surface area contributed by atoms with Gasteiger partial charge in [-0.15, -0.1) is 0 Å². The lowest BCUT2D eigenvalue weighted by atomic mass is 10.00. The number of ether oxygens (including phenoxy) is 4. The molecule has 0 unspecified atom stereocenters. The molecule has 14 aromatic rings. The Balaban J connectivity index is 0.000000200. The van der Waals surface area contributed by atoms with Gasteiger partial charge in [0.25, 0.3) is 0 Å². The highest BCUT2D eigenvalue weighted by atomic mass is 35.5. The molecule has 33 heteroatoms. The lowest BCUT2D eigenvalue weighted by Crippen LogP contribution is -2.18. The van der Waals surface area contributed by atoms with Crippen LogP contribution < -0.4 is 18.9 Å². The highest BCUT2D eigenvalue weighted by molar-refractivity contribution is 6.31. The molecule has 7 aromatic heterocycles. The number of nitrogens with one attached hydrogen (secondary N) is 7. The largest absolute Gasteiger partial charge is 0.497 e. The molecule has 0 spiro atoms. The molecule has 0 fully saturated rings. The van der Waals surface area contributed by atoms with Gasteiger partial charge in [-0.2, -0.15) is 54.1 Å². The second-order valence-electron chi connectivity index (χ2n) is 34.9. The van der Waals surface area contributed by atoms with Gasteiger partial charge in [-0.1, -0.05) is 83.8 Å². The van der Waals surface area contributed by atoms with Crippen molar-refractivity contribution in [2.24, 2.45) is 0 Å². The molecule has 26 nitrogen and oxygen atoms in total. The number of H-pyrrole nitrogens is 7. The number of hydrogen-bond acceptors (Lipinski definition) is 19. The summed E-state index contributed by atoms with van der Waals surface area (Å²) < 4.78 is 88.2. The van der Waals surface area contributed by atoms with Crippen LogP contribution in [0.2, 0.25) is 10.0 Å². The molecule has 0 bridgehead atoms. The van der Waals surface area contributed by atoms with E-state index in [1.54, 1.807) is 58.0 Å². The zero-order chi connectivity index (χ0) is 102. The molecule has 0 amide bonds. The Labute approximate surface area is 833 Å². The third-order valence-corrected chi connectivity index (χ3v) is 23.4. The summed E-state index contributed by atoms with van der Waals surface area (Å²) in [5.41, 5.74) is 22.8. The highest BCUT2D eigenvalue weighted by Gasteiger charge is 2.35. The van der Waals surface area contributed by atoms with Crippen LogP contribution in [0.15, 0.2) is 177 Å². The van der Waals surface area contributed by atoms with Gasteiger partial charge in [-0.3, -0.25) is 35.7 Å². The fourth-order valence-corrected chi connectivity index (χ4v) is 16.6. The zero-order valence-corrected chi connectivity index (χ0v) is 86.6. The molecule has 7 N–H and O–H groups in total. The molecule has 0 aliphatic carbocycles. The van der Waals surface area contributed by atoms with Crippen molar-refractivity contribution in [3.63, 3.8) is 0 Å². The van der Waals surface area contributed by atoms with Crippen molar-refractivity contribution in [1.29, 1.82) is 5.26 Å². The summed E-state index contributed by atoms with van der Waals surface area (Å²) >= 11 is 12.0. The number of aromatic nitrogens is 14. The summed E-state index contributed by atoms with van der Waals surface area (Å²) in [6.07, 6.45) is 16.0. The molecule has 752 valence electrons. The number of alkyl halides is 3. The van der Waals surface area contributed by atoms with Crippen molar-refractivity contribution in [3.05, 3.63) is 265 Å². The molecule has 7 aromatic carbocycles. The molecule has 0 radical (unpaired) electrons. The van der Waals surface area contributed by atoms with Crippen LogP contribution in [0.3, 0.4) is 0 Å². The van der Waals surface area contributed by atoms with E-state index in [-0.39, 0.29) is 22.9 Å². The molecular weight excluding hydrogens is 1820 g/mol. The first-order chi connectivity index (χ1) is 67.3. The maximum absolute atomic E-state index is 13.9. The van der Waals surface area contributed by atoms with Crippen LogP contribution in [0.1, 0.15) is 160 Å². The summed E-state index contributed by atoms with van der Waals surface area (Å²) in [5, 5.41) is 59.9. The van der Waals surface area contributed by atoms with Crippen molar-refractivity contribution in [2.45, 2.75) is 166 Å². The van der Waals surface area contributed by atoms with Gasteiger partial charge in [-0.25, -0.2) is 8.78 Å². The summed E-state index contributed by atoms with van der Waals surface area (Å²) in [6, 6.07) is 41.0. The summed E-state index contributed by atoms with van der Waals surface area (Å²) in [6.45, 7) is 34.0. The minimum absolute atomic E-state index is 0.0794. The Morgan fingerprint density at radius 3 is 1.00 bits per heavy atom. The first-order valence-corrected chi connectivity index (χ1v) is 48.1. The maximum Gasteiger partial charge on any atom is 0.417 e. The van der Waals surface area contributed by atoms with E-state index in [4.69, 9.17) is 47.4 Å². The summed E-state index contributed by atoms with van der Waals surface area (Å²) in [7, 11) is 20.9. The van der Waals surface area contributed by atoms with Gasteiger partial charge in [0.2, 0.25) is 0 Å². The number of aromatic amines is 7. The van der Waals surface area contributed by atoms with Crippen LogP contribution in [-0.4, -0.2) is 229 Å². The predicted molar refractivity (Wildman–Crippen MR) is 555 cm³/mol. The first-order valence-electron chi connectivity index (χ1n) is 47.4. The maximum atomic E-state index is 13.9. The molecule has 7 heterocycles. The van der Waals surface area contributed by atoms with Crippen molar-refractivity contribution >= 4 is 23.2 Å². The van der Waals surface area contributed by atoms with Crippen molar-refractivity contribution in [1.82, 2.24) is 106 Å². The molecule has 140 heavy (non-hydrogen) atoms. The Morgan fingerprint density at radius 2 is 0.636 bits per heavy atom. The van der Waals surface area contributed by atoms with Gasteiger partial charge in [0.05, 0.1) is 129 Å². The Hall–Kier alpha value is -12.4. The number of methoxy groups -OCH3 is 4. The average Bonchev–Trinajstić information content (AvgIpc) is 1.51. The molecule has 0 saturated carbocycles. The highest BCUT2D eigenvalue weighted by Crippen LogP contribution is 2.41. The fourth-order valence-electron chi connectivity index (χ4n) is 16.2. The fraction of sp³-hybridized carbons (Fsp3) is 0.402. The van der Waals surface area contributed by atoms with Gasteiger partial charge in [0.1, 0.15) is 34.6 Å². The normalized spacial score (nSPS) is 11.2. The number of nitriles is 1. The summed E-state index contributed by atoms with van der Waals surface area (Å²) in [5.74, 6) is 2.20. The van der Waals surface area contributed by atoms with Crippen LogP contribution >= 0.6 is 23.2 Å². The molecular formula is C107H141Cl2F5N22O4. The van der Waals surface area contributed by atoms with E-state index in [0.29, 0.717) is 39.1 Å². The van der Waals surface area contributed by atoms with E-state index in [9.17, 15) is 22.0 Å². The second kappa shape index (κ2) is 58.0. The van der Waals surface area contributed by atoms with Gasteiger partial charge < -0.3 is 53.2 Å². The van der Waals surface area contributed by atoms with Crippen LogP contribution in [-0.2, 0) is 52.0 Å². The van der Waals surface area contributed by atoms with Gasteiger partial charge in [0.15, 0.2) is 0 Å². The Morgan fingerprint density at radius 1 is 0.321 bits per heavy atom. The Kier molecular flexibility index (Phi) is 46.8. The number of benzene rings is 7. The first kappa shape index (κ1) is 113. The van der Waals surface area contributed by atoms with Crippen molar-refractivity contribution in [2.75, 3.05) is 124 Å². The van der Waals surface area contributed by atoms with Crippen LogP contribution in [0.25, 0.3) is 78.8 Å². The van der Waals surface area contributed by atoms with Crippen LogP contribution in [0.4, 0.5) is 22.0 Å². The van der Waals surface area contributed by atoms with E-state index in [1.165, 1.54) is 59.2 Å². The van der Waals surface area contributed by atoms with Crippen molar-refractivity contribution < 1.29 is 40.9 Å². The van der Waals surface area contributed by atoms with E-state index in [0.717, 1.165) is 237 Å². The average molecular weight is 1970 g/mol. The standard InChI is InChI=1S/C16H20F3N3O.C16H20N4.C16H23N3O.C15H20ClN3O.C15H20FN3.C15H21N3O.C14H17ClFN3/c1-4-7-22(2)10-11-9-20-21-15(11)13-6-5-12(23-3)8-14(13)16(17,18)19;1-4-7-20(3)11-14-10-18-19-16(14)15-8-13(9-17)6-5-12(15)2;1-5-8-19(3)11-13-10-17-18-16(13)15-7-6-14(20-4)9-12(15)2;1-4-7-19(2)10-11-9-17-18-15(11)13-8-12(16)5-6-14(13)20-3;1-4-7-19(3)10-12-9-17-18-15(12)14-8-13(16)6-5-11(14)2;1-4-9-18(2)11-13-10-16-17-15(13)12-5-7-14(19-3)8-6-12;1-3-6-19(2)9-10-8-17-18-14(10)12-7-11(15)4-5-13(12)16/h5-6,8-9H,4,7,10H2,1-3H3,(H,20,21);5-6,8,10H,4,7,11H2,1-3H3,(H,18,19);6-7,9-10H,5,8,11H2,1-4H3,(H,17,18);5-6,8-9H,4,7,10H2,1-3H3,(H,17,18);5-6,8-9H,4,7,10H2,1-3H3,(H,17,18);5-8,10H,4,9,11H2,1-3H3,(H,16,17);4-5,7-8H,3,6,9H2,1-2H3,(H,17,18). The second-order valence-corrected chi connectivity index (χ2v) is 35.8. The quantitative estimate of drug-likeness (QED) is 0.0176. The molecule has 0 aliphatic heterocycles. The molecule has 14 rings (SSSR count). The smallest absolute Gasteiger partial charge is 0.417 e. The number of aryl methyl sites for hydroxylation is 3. The van der Waals surface area contributed by atoms with E-state index in [2.05, 4.69) is 229 Å². The molecule has 0 atom stereocenters. The zero-order valence-electron chi connectivity index (χ0n) is 85.1. The monoisotopic (exact) mass is 1960 g/mol. The third kappa shape index (κ3) is 34.3. The lowest BCUT2D eigenvalue weighted by Gasteiger charge is -2.17. The number of halogens is 7. The van der Waals surface area contributed by atoms with Gasteiger partial charge >= 0.3 is 6.18 Å². The van der Waals surface area contributed by atoms with Crippen LogP contribution in [0.5, 0.6) is 23.0 Å². The number of rotatable bonds is 39. The minimum atomic E-state index is -4.47. The van der Waals surface area contributed by atoms with Crippen molar-refractivity contribution in [3.8, 4) is 108 Å². The van der Waals surface area contributed by atoms with Crippen LogP contribution in [0, 0.1) is 43.7 Å². The van der Waals surface area contributed by atoms with E-state index >= 15 is 0 Å². The number of nitrogens with zero attached hydrogens (tertiary/aromatic N) is 15. The molecule has 0 saturated heterocycles. The number of hydrogen-bond donors (Lipinski definition) is 7. The topological polar surface area (TPSA) is 284 Å². The van der Waals surface area contributed by atoms with Gasteiger partial charge in [0, 0.05) is 134 Å². The minimum Gasteiger partial charge on any atom is -0.497 e. The van der Waals surface area contributed by atoms with Gasteiger partial charge in [-0.05, 0) is 299 Å². The lowest BCUT2D eigenvalue weighted by molar-refractivity contribution is -0.137.